The van der Waals surface area contributed by atoms with Gasteiger partial charge in [-0.25, -0.2) is 0 Å². The van der Waals surface area contributed by atoms with E-state index in [4.69, 9.17) is 0 Å². The lowest BCUT2D eigenvalue weighted by molar-refractivity contribution is -0.119. The number of aryl methyl sites for hydroxylation is 3. The zero-order valence-electron chi connectivity index (χ0n) is 10.8. The van der Waals surface area contributed by atoms with E-state index < -0.39 is 0 Å². The zero-order valence-corrected chi connectivity index (χ0v) is 10.8. The lowest BCUT2D eigenvalue weighted by Gasteiger charge is -2.13. The molecule has 0 fully saturated rings. The lowest BCUT2D eigenvalue weighted by Crippen LogP contribution is -2.30. The molecular formula is C14H20N2O. The molecule has 0 radical (unpaired) electrons. The Bertz CT molecular complexity index is 401. The number of nitrogens with one attached hydrogen (secondary N) is 2. The van der Waals surface area contributed by atoms with Gasteiger partial charge in [-0.2, -0.15) is 0 Å². The van der Waals surface area contributed by atoms with Crippen LogP contribution in [0.25, 0.3) is 0 Å². The van der Waals surface area contributed by atoms with Gasteiger partial charge >= 0.3 is 0 Å². The predicted octanol–water partition coefficient (Wildman–Crippen LogP) is 2.33. The van der Waals surface area contributed by atoms with Crippen LogP contribution in [0.4, 0.5) is 5.69 Å². The van der Waals surface area contributed by atoms with Gasteiger partial charge in [0.15, 0.2) is 0 Å². The molecule has 0 aliphatic carbocycles. The molecule has 0 aliphatic rings. The largest absolute Gasteiger partial charge is 0.376 e. The Kier molecular flexibility index (Phi) is 4.76. The molecule has 3 heteroatoms. The fourth-order valence-electron chi connectivity index (χ4n) is 1.88. The number of amides is 1. The van der Waals surface area contributed by atoms with Gasteiger partial charge in [-0.1, -0.05) is 23.8 Å². The number of hydrogen-bond donors (Lipinski definition) is 2. The maximum atomic E-state index is 11.4. The van der Waals surface area contributed by atoms with Gasteiger partial charge in [0.05, 0.1) is 6.54 Å². The summed E-state index contributed by atoms with van der Waals surface area (Å²) in [4.78, 5) is 11.4. The average Bonchev–Trinajstić information content (AvgIpc) is 2.24. The number of carbonyl (C=O) groups is 1. The van der Waals surface area contributed by atoms with Crippen LogP contribution in [0.3, 0.4) is 0 Å². The molecule has 0 atom stereocenters. The van der Waals surface area contributed by atoms with Gasteiger partial charge in [-0.15, -0.1) is 6.58 Å². The van der Waals surface area contributed by atoms with E-state index in [-0.39, 0.29) is 5.91 Å². The van der Waals surface area contributed by atoms with E-state index in [9.17, 15) is 4.79 Å². The molecule has 92 valence electrons. The van der Waals surface area contributed by atoms with Crippen LogP contribution in [-0.4, -0.2) is 19.0 Å². The summed E-state index contributed by atoms with van der Waals surface area (Å²) in [5.74, 6) is -0.0238. The highest BCUT2D eigenvalue weighted by atomic mass is 16.1. The number of hydrogen-bond acceptors (Lipinski definition) is 2. The van der Waals surface area contributed by atoms with E-state index in [1.165, 1.54) is 16.7 Å². The van der Waals surface area contributed by atoms with Gasteiger partial charge in [-0.3, -0.25) is 4.79 Å². The summed E-state index contributed by atoms with van der Waals surface area (Å²) in [6, 6.07) is 4.22. The van der Waals surface area contributed by atoms with Crippen molar-refractivity contribution in [3.63, 3.8) is 0 Å². The van der Waals surface area contributed by atoms with Crippen LogP contribution in [0.2, 0.25) is 0 Å². The minimum Gasteiger partial charge on any atom is -0.376 e. The normalized spacial score (nSPS) is 9.82. The number of rotatable bonds is 5. The molecule has 0 aliphatic heterocycles. The van der Waals surface area contributed by atoms with E-state index in [2.05, 4.69) is 36.3 Å². The van der Waals surface area contributed by atoms with Crippen molar-refractivity contribution in [1.29, 1.82) is 0 Å². The summed E-state index contributed by atoms with van der Waals surface area (Å²) in [6.45, 7) is 10.5. The number of benzene rings is 1. The van der Waals surface area contributed by atoms with Gasteiger partial charge in [0.25, 0.3) is 0 Å². The van der Waals surface area contributed by atoms with E-state index in [0.29, 0.717) is 13.1 Å². The molecule has 0 aromatic heterocycles. The number of carbonyl (C=O) groups excluding carboxylic acids is 1. The SMILES string of the molecule is C=CCNC(=O)CNc1c(C)cc(C)cc1C. The van der Waals surface area contributed by atoms with Crippen LogP contribution in [0.1, 0.15) is 16.7 Å². The first-order valence-corrected chi connectivity index (χ1v) is 5.74. The zero-order chi connectivity index (χ0) is 12.8. The molecule has 2 N–H and O–H groups in total. The highest BCUT2D eigenvalue weighted by Gasteiger charge is 2.05. The first kappa shape index (κ1) is 13.3. The molecule has 1 rings (SSSR count). The first-order chi connectivity index (χ1) is 8.04. The lowest BCUT2D eigenvalue weighted by atomic mass is 10.1. The van der Waals surface area contributed by atoms with Crippen molar-refractivity contribution in [2.75, 3.05) is 18.4 Å². The van der Waals surface area contributed by atoms with Crippen LogP contribution in [0.15, 0.2) is 24.8 Å². The predicted molar refractivity (Wildman–Crippen MR) is 72.3 cm³/mol. The van der Waals surface area contributed by atoms with Crippen molar-refractivity contribution < 1.29 is 4.79 Å². The molecule has 0 saturated carbocycles. The first-order valence-electron chi connectivity index (χ1n) is 5.74. The van der Waals surface area contributed by atoms with Crippen LogP contribution >= 0.6 is 0 Å². The second-order valence-electron chi connectivity index (χ2n) is 4.22. The van der Waals surface area contributed by atoms with Crippen molar-refractivity contribution >= 4 is 11.6 Å². The van der Waals surface area contributed by atoms with E-state index in [0.717, 1.165) is 5.69 Å². The minimum absolute atomic E-state index is 0.0238. The van der Waals surface area contributed by atoms with E-state index >= 15 is 0 Å². The van der Waals surface area contributed by atoms with Gasteiger partial charge in [0, 0.05) is 12.2 Å². The Morgan fingerprint density at radius 2 is 1.88 bits per heavy atom. The molecule has 0 unspecified atom stereocenters. The Morgan fingerprint density at radius 1 is 1.29 bits per heavy atom. The second kappa shape index (κ2) is 6.09. The molecule has 1 amide bonds. The van der Waals surface area contributed by atoms with E-state index in [1.54, 1.807) is 6.08 Å². The minimum atomic E-state index is -0.0238. The molecule has 17 heavy (non-hydrogen) atoms. The second-order valence-corrected chi connectivity index (χ2v) is 4.22. The van der Waals surface area contributed by atoms with Crippen molar-refractivity contribution in [1.82, 2.24) is 5.32 Å². The van der Waals surface area contributed by atoms with Crippen LogP contribution in [0, 0.1) is 20.8 Å². The highest BCUT2D eigenvalue weighted by molar-refractivity contribution is 5.81. The summed E-state index contributed by atoms with van der Waals surface area (Å²) in [7, 11) is 0. The van der Waals surface area contributed by atoms with Crippen molar-refractivity contribution in [3.05, 3.63) is 41.5 Å². The molecule has 0 spiro atoms. The van der Waals surface area contributed by atoms with E-state index in [1.807, 2.05) is 13.8 Å². The monoisotopic (exact) mass is 232 g/mol. The number of anilines is 1. The molecule has 1 aromatic carbocycles. The standard InChI is InChI=1S/C14H20N2O/c1-5-6-15-13(17)9-16-14-11(3)7-10(2)8-12(14)4/h5,7-8,16H,1,6,9H2,2-4H3,(H,15,17). The molecular weight excluding hydrogens is 212 g/mol. The quantitative estimate of drug-likeness (QED) is 0.765. The topological polar surface area (TPSA) is 41.1 Å². The average molecular weight is 232 g/mol. The Labute approximate surface area is 103 Å². The van der Waals surface area contributed by atoms with Crippen molar-refractivity contribution in [3.8, 4) is 0 Å². The Morgan fingerprint density at radius 3 is 2.41 bits per heavy atom. The summed E-state index contributed by atoms with van der Waals surface area (Å²) in [6.07, 6.45) is 1.67. The maximum Gasteiger partial charge on any atom is 0.239 e. The van der Waals surface area contributed by atoms with Crippen LogP contribution in [0.5, 0.6) is 0 Å². The summed E-state index contributed by atoms with van der Waals surface area (Å²) < 4.78 is 0. The Hall–Kier alpha value is -1.77. The smallest absolute Gasteiger partial charge is 0.239 e. The summed E-state index contributed by atoms with van der Waals surface area (Å²) >= 11 is 0. The van der Waals surface area contributed by atoms with Crippen molar-refractivity contribution in [2.24, 2.45) is 0 Å². The van der Waals surface area contributed by atoms with Crippen LogP contribution in [-0.2, 0) is 4.79 Å². The molecule has 3 nitrogen and oxygen atoms in total. The van der Waals surface area contributed by atoms with Gasteiger partial charge in [0.2, 0.25) is 5.91 Å². The third-order valence-electron chi connectivity index (χ3n) is 2.55. The maximum absolute atomic E-state index is 11.4. The summed E-state index contributed by atoms with van der Waals surface area (Å²) in [5.41, 5.74) is 4.61. The molecule has 0 saturated heterocycles. The highest BCUT2D eigenvalue weighted by Crippen LogP contribution is 2.21. The van der Waals surface area contributed by atoms with Gasteiger partial charge in [-0.05, 0) is 31.9 Å². The van der Waals surface area contributed by atoms with Gasteiger partial charge in [0.1, 0.15) is 0 Å². The fourth-order valence-corrected chi connectivity index (χ4v) is 1.88. The third kappa shape index (κ3) is 3.94. The van der Waals surface area contributed by atoms with Crippen LogP contribution < -0.4 is 10.6 Å². The molecule has 1 aromatic rings. The third-order valence-corrected chi connectivity index (χ3v) is 2.55. The van der Waals surface area contributed by atoms with Gasteiger partial charge < -0.3 is 10.6 Å². The summed E-state index contributed by atoms with van der Waals surface area (Å²) in [5, 5.41) is 5.90. The Balaban J connectivity index is 2.63. The fraction of sp³-hybridized carbons (Fsp3) is 0.357. The molecule has 0 heterocycles. The molecule has 0 bridgehead atoms. The van der Waals surface area contributed by atoms with Crippen molar-refractivity contribution in [2.45, 2.75) is 20.8 Å².